The van der Waals surface area contributed by atoms with Crippen LogP contribution in [-0.4, -0.2) is 11.8 Å². The number of benzene rings is 2. The van der Waals surface area contributed by atoms with Crippen LogP contribution in [0.15, 0.2) is 42.5 Å². The average Bonchev–Trinajstić information content (AvgIpc) is 3.13. The Morgan fingerprint density at radius 2 is 1.68 bits per heavy atom. The molecule has 178 valence electrons. The van der Waals surface area contributed by atoms with Gasteiger partial charge in [-0.1, -0.05) is 26.8 Å². The van der Waals surface area contributed by atoms with E-state index in [0.717, 1.165) is 46.5 Å². The van der Waals surface area contributed by atoms with Crippen molar-refractivity contribution < 1.29 is 14.0 Å². The van der Waals surface area contributed by atoms with Crippen LogP contribution in [0.5, 0.6) is 0 Å². The second kappa shape index (κ2) is 9.34. The SMILES string of the molecule is Cc1ccc(NC(=O)c2c(NC(=O)c3ccc(F)cc3)sc3c2CCC(C(C)(C)C)C3)cc1C. The van der Waals surface area contributed by atoms with Crippen LogP contribution >= 0.6 is 11.3 Å². The van der Waals surface area contributed by atoms with E-state index in [0.29, 0.717) is 22.0 Å². The number of anilines is 2. The normalized spacial score (nSPS) is 15.5. The summed E-state index contributed by atoms with van der Waals surface area (Å²) in [6, 6.07) is 11.2. The van der Waals surface area contributed by atoms with Gasteiger partial charge in [0.1, 0.15) is 10.8 Å². The molecule has 4 rings (SSSR count). The van der Waals surface area contributed by atoms with E-state index in [4.69, 9.17) is 0 Å². The standard InChI is InChI=1S/C28H31FN2O2S/c1-16-6-12-21(14-17(16)2)30-26(33)24-22-13-9-19(28(3,4)5)15-23(22)34-27(24)31-25(32)18-7-10-20(29)11-8-18/h6-8,10-12,14,19H,9,13,15H2,1-5H3,(H,30,33)(H,31,32). The van der Waals surface area contributed by atoms with E-state index in [-0.39, 0.29) is 17.2 Å². The van der Waals surface area contributed by atoms with Crippen LogP contribution in [-0.2, 0) is 12.8 Å². The minimum atomic E-state index is -0.398. The molecular weight excluding hydrogens is 447 g/mol. The van der Waals surface area contributed by atoms with Crippen molar-refractivity contribution in [3.63, 3.8) is 0 Å². The van der Waals surface area contributed by atoms with Crippen LogP contribution in [0.2, 0.25) is 0 Å². The maximum Gasteiger partial charge on any atom is 0.258 e. The van der Waals surface area contributed by atoms with Crippen LogP contribution in [0.3, 0.4) is 0 Å². The number of fused-ring (bicyclic) bond motifs is 1. The van der Waals surface area contributed by atoms with Gasteiger partial charge in [-0.25, -0.2) is 4.39 Å². The molecule has 2 aromatic carbocycles. The first-order valence-electron chi connectivity index (χ1n) is 11.6. The number of hydrogen-bond acceptors (Lipinski definition) is 3. The minimum absolute atomic E-state index is 0.168. The van der Waals surface area contributed by atoms with Gasteiger partial charge < -0.3 is 10.6 Å². The highest BCUT2D eigenvalue weighted by Gasteiger charge is 2.34. The molecule has 0 fully saturated rings. The summed E-state index contributed by atoms with van der Waals surface area (Å²) in [6.45, 7) is 10.8. The van der Waals surface area contributed by atoms with E-state index in [9.17, 15) is 14.0 Å². The van der Waals surface area contributed by atoms with Gasteiger partial charge in [-0.05, 0) is 97.5 Å². The summed E-state index contributed by atoms with van der Waals surface area (Å²) < 4.78 is 13.3. The maximum atomic E-state index is 13.5. The molecule has 2 N–H and O–H groups in total. The molecule has 1 aromatic heterocycles. The zero-order valence-electron chi connectivity index (χ0n) is 20.3. The second-order valence-electron chi connectivity index (χ2n) is 10.2. The number of thiophene rings is 1. The molecule has 0 radical (unpaired) electrons. The summed E-state index contributed by atoms with van der Waals surface area (Å²) >= 11 is 1.49. The fourth-order valence-electron chi connectivity index (χ4n) is 4.44. The van der Waals surface area contributed by atoms with Crippen molar-refractivity contribution in [1.29, 1.82) is 0 Å². The summed E-state index contributed by atoms with van der Waals surface area (Å²) in [5.41, 5.74) is 5.07. The average molecular weight is 479 g/mol. The van der Waals surface area contributed by atoms with Gasteiger partial charge in [0, 0.05) is 16.1 Å². The van der Waals surface area contributed by atoms with Crippen molar-refractivity contribution in [2.45, 2.75) is 53.9 Å². The van der Waals surface area contributed by atoms with Gasteiger partial charge in [0.25, 0.3) is 11.8 Å². The molecule has 0 spiro atoms. The van der Waals surface area contributed by atoms with Crippen molar-refractivity contribution in [1.82, 2.24) is 0 Å². The first-order valence-corrected chi connectivity index (χ1v) is 12.4. The number of amides is 2. The lowest BCUT2D eigenvalue weighted by atomic mass is 9.72. The fraction of sp³-hybridized carbons (Fsp3) is 0.357. The fourth-order valence-corrected chi connectivity index (χ4v) is 5.76. The van der Waals surface area contributed by atoms with Crippen molar-refractivity contribution >= 4 is 33.8 Å². The quantitative estimate of drug-likeness (QED) is 0.418. The van der Waals surface area contributed by atoms with E-state index in [1.54, 1.807) is 0 Å². The predicted molar refractivity (Wildman–Crippen MR) is 138 cm³/mol. The topological polar surface area (TPSA) is 58.2 Å². The highest BCUT2D eigenvalue weighted by molar-refractivity contribution is 7.17. The Kier molecular flexibility index (Phi) is 6.63. The Bertz CT molecular complexity index is 1240. The van der Waals surface area contributed by atoms with Gasteiger partial charge >= 0.3 is 0 Å². The highest BCUT2D eigenvalue weighted by Crippen LogP contribution is 2.44. The zero-order chi connectivity index (χ0) is 24.6. The molecule has 1 aliphatic carbocycles. The minimum Gasteiger partial charge on any atom is -0.322 e. The Morgan fingerprint density at radius 1 is 0.971 bits per heavy atom. The summed E-state index contributed by atoms with van der Waals surface area (Å²) in [5, 5.41) is 6.52. The molecule has 2 amide bonds. The molecule has 1 heterocycles. The third-order valence-electron chi connectivity index (χ3n) is 6.82. The van der Waals surface area contributed by atoms with Gasteiger partial charge in [-0.2, -0.15) is 0 Å². The smallest absolute Gasteiger partial charge is 0.258 e. The first kappa shape index (κ1) is 24.1. The van der Waals surface area contributed by atoms with E-state index < -0.39 is 5.82 Å². The molecule has 4 nitrogen and oxygen atoms in total. The molecule has 6 heteroatoms. The van der Waals surface area contributed by atoms with Gasteiger partial charge in [0.15, 0.2) is 0 Å². The van der Waals surface area contributed by atoms with Gasteiger partial charge in [-0.15, -0.1) is 11.3 Å². The number of carbonyl (C=O) groups is 2. The van der Waals surface area contributed by atoms with E-state index in [1.807, 2.05) is 32.0 Å². The molecule has 3 aromatic rings. The number of hydrogen-bond donors (Lipinski definition) is 2. The van der Waals surface area contributed by atoms with Crippen LogP contribution < -0.4 is 10.6 Å². The summed E-state index contributed by atoms with van der Waals surface area (Å²) in [6.07, 6.45) is 2.69. The van der Waals surface area contributed by atoms with Gasteiger partial charge in [0.05, 0.1) is 5.56 Å². The molecule has 1 unspecified atom stereocenters. The third kappa shape index (κ3) is 5.07. The van der Waals surface area contributed by atoms with Crippen molar-refractivity contribution in [2.75, 3.05) is 10.6 Å². The van der Waals surface area contributed by atoms with Crippen LogP contribution in [0.1, 0.15) is 69.5 Å². The van der Waals surface area contributed by atoms with Crippen LogP contribution in [0.4, 0.5) is 15.1 Å². The third-order valence-corrected chi connectivity index (χ3v) is 7.99. The molecular formula is C28H31FN2O2S. The molecule has 1 atom stereocenters. The van der Waals surface area contributed by atoms with E-state index >= 15 is 0 Å². The number of nitrogens with one attached hydrogen (secondary N) is 2. The van der Waals surface area contributed by atoms with Crippen molar-refractivity contribution in [3.8, 4) is 0 Å². The van der Waals surface area contributed by atoms with Crippen molar-refractivity contribution in [3.05, 3.63) is 81.0 Å². The van der Waals surface area contributed by atoms with E-state index in [2.05, 4.69) is 31.4 Å². The lowest BCUT2D eigenvalue weighted by molar-refractivity contribution is 0.102. The second-order valence-corrected chi connectivity index (χ2v) is 11.3. The molecule has 0 saturated carbocycles. The van der Waals surface area contributed by atoms with E-state index in [1.165, 1.54) is 35.6 Å². The molecule has 1 aliphatic rings. The molecule has 0 saturated heterocycles. The highest BCUT2D eigenvalue weighted by atomic mass is 32.1. The molecule has 0 bridgehead atoms. The Labute approximate surface area is 204 Å². The van der Waals surface area contributed by atoms with Gasteiger partial charge in [-0.3, -0.25) is 9.59 Å². The predicted octanol–water partition coefficient (Wildman–Crippen LogP) is 7.16. The van der Waals surface area contributed by atoms with Crippen molar-refractivity contribution in [2.24, 2.45) is 11.3 Å². The summed E-state index contributed by atoms with van der Waals surface area (Å²) in [5.74, 6) is -0.463. The Morgan fingerprint density at radius 3 is 2.32 bits per heavy atom. The molecule has 34 heavy (non-hydrogen) atoms. The Hall–Kier alpha value is -2.99. The van der Waals surface area contributed by atoms with Crippen LogP contribution in [0.25, 0.3) is 0 Å². The summed E-state index contributed by atoms with van der Waals surface area (Å²) in [4.78, 5) is 27.6. The van der Waals surface area contributed by atoms with Crippen LogP contribution in [0, 0.1) is 31.0 Å². The lowest BCUT2D eigenvalue weighted by Gasteiger charge is -2.33. The molecule has 0 aliphatic heterocycles. The number of carbonyl (C=O) groups excluding carboxylic acids is 2. The Balaban J connectivity index is 1.68. The largest absolute Gasteiger partial charge is 0.322 e. The summed E-state index contributed by atoms with van der Waals surface area (Å²) in [7, 11) is 0. The maximum absolute atomic E-state index is 13.5. The number of aryl methyl sites for hydroxylation is 2. The number of halogens is 1. The number of rotatable bonds is 4. The lowest BCUT2D eigenvalue weighted by Crippen LogP contribution is -2.27. The van der Waals surface area contributed by atoms with Gasteiger partial charge in [0.2, 0.25) is 0 Å². The zero-order valence-corrected chi connectivity index (χ0v) is 21.2. The monoisotopic (exact) mass is 478 g/mol. The first-order chi connectivity index (χ1) is 16.0.